The Bertz CT molecular complexity index is 433. The Labute approximate surface area is 87.9 Å². The highest BCUT2D eigenvalue weighted by molar-refractivity contribution is 9.10. The van der Waals surface area contributed by atoms with Crippen molar-refractivity contribution in [3.8, 4) is 11.6 Å². The van der Waals surface area contributed by atoms with E-state index in [-0.39, 0.29) is 11.7 Å². The van der Waals surface area contributed by atoms with Crippen molar-refractivity contribution in [2.24, 2.45) is 0 Å². The molecular weight excluding hydrogens is 251 g/mol. The summed E-state index contributed by atoms with van der Waals surface area (Å²) in [5, 5.41) is 13.0. The van der Waals surface area contributed by atoms with Gasteiger partial charge in [-0.1, -0.05) is 0 Å². The number of nitrogens with zero attached hydrogens (tertiary/aromatic N) is 2. The zero-order valence-corrected chi connectivity index (χ0v) is 8.57. The fraction of sp³-hybridized carbons (Fsp3) is 0. The van der Waals surface area contributed by atoms with Gasteiger partial charge in [-0.05, 0) is 40.2 Å². The minimum absolute atomic E-state index is 0.0886. The molecule has 0 amide bonds. The fourth-order valence-corrected chi connectivity index (χ4v) is 1.34. The Kier molecular flexibility index (Phi) is 2.25. The highest BCUT2D eigenvalue weighted by atomic mass is 79.9. The summed E-state index contributed by atoms with van der Waals surface area (Å²) < 4.78 is 14.6. The molecule has 0 atom stereocenters. The Hall–Kier alpha value is -1.36. The lowest BCUT2D eigenvalue weighted by Gasteiger charge is -1.98. The van der Waals surface area contributed by atoms with E-state index >= 15 is 0 Å². The predicted molar refractivity (Wildman–Crippen MR) is 52.9 cm³/mol. The van der Waals surface area contributed by atoms with E-state index in [2.05, 4.69) is 21.0 Å². The van der Waals surface area contributed by atoms with E-state index < -0.39 is 0 Å². The molecule has 1 N–H and O–H groups in total. The number of aromatic nitrogens is 2. The van der Waals surface area contributed by atoms with Crippen LogP contribution in [0.1, 0.15) is 0 Å². The molecule has 0 unspecified atom stereocenters. The first-order valence-electron chi connectivity index (χ1n) is 3.87. The van der Waals surface area contributed by atoms with E-state index in [4.69, 9.17) is 0 Å². The number of hydrogen-bond donors (Lipinski definition) is 1. The summed E-state index contributed by atoms with van der Waals surface area (Å²) in [4.78, 5) is 0. The van der Waals surface area contributed by atoms with Gasteiger partial charge in [0, 0.05) is 6.20 Å². The molecule has 0 saturated heterocycles. The average Bonchev–Trinajstić information content (AvgIpc) is 2.48. The van der Waals surface area contributed by atoms with Gasteiger partial charge in [-0.3, -0.25) is 0 Å². The SMILES string of the molecule is Oc1nn(-c2ccc(F)cc2)cc1Br. The van der Waals surface area contributed by atoms with Crippen molar-refractivity contribution in [1.82, 2.24) is 9.78 Å². The minimum Gasteiger partial charge on any atom is -0.491 e. The van der Waals surface area contributed by atoms with Gasteiger partial charge in [-0.15, -0.1) is 5.10 Å². The van der Waals surface area contributed by atoms with Gasteiger partial charge in [-0.2, -0.15) is 0 Å². The second-order valence-corrected chi connectivity index (χ2v) is 3.58. The van der Waals surface area contributed by atoms with Crippen LogP contribution in [0, 0.1) is 5.82 Å². The normalized spacial score (nSPS) is 10.4. The lowest BCUT2D eigenvalue weighted by atomic mass is 10.3. The van der Waals surface area contributed by atoms with E-state index in [0.717, 1.165) is 0 Å². The number of hydrogen-bond acceptors (Lipinski definition) is 2. The van der Waals surface area contributed by atoms with Crippen molar-refractivity contribution in [3.05, 3.63) is 40.8 Å². The molecule has 2 aromatic rings. The maximum absolute atomic E-state index is 12.6. The summed E-state index contributed by atoms with van der Waals surface area (Å²) >= 11 is 3.12. The highest BCUT2D eigenvalue weighted by Gasteiger charge is 2.05. The lowest BCUT2D eigenvalue weighted by molar-refractivity contribution is 0.445. The lowest BCUT2D eigenvalue weighted by Crippen LogP contribution is -1.93. The molecule has 1 aromatic carbocycles. The minimum atomic E-state index is -0.302. The van der Waals surface area contributed by atoms with E-state index in [1.165, 1.54) is 16.8 Å². The monoisotopic (exact) mass is 256 g/mol. The van der Waals surface area contributed by atoms with Crippen LogP contribution in [-0.2, 0) is 0 Å². The van der Waals surface area contributed by atoms with Crippen LogP contribution in [0.3, 0.4) is 0 Å². The van der Waals surface area contributed by atoms with Gasteiger partial charge in [0.05, 0.1) is 10.2 Å². The molecule has 1 heterocycles. The molecule has 1 aromatic heterocycles. The molecule has 5 heteroatoms. The molecule has 0 fully saturated rings. The summed E-state index contributed by atoms with van der Waals surface area (Å²) in [7, 11) is 0. The molecule has 0 saturated carbocycles. The Balaban J connectivity index is 2.44. The third kappa shape index (κ3) is 1.63. The molecule has 0 bridgehead atoms. The van der Waals surface area contributed by atoms with Crippen LogP contribution in [0.15, 0.2) is 34.9 Å². The van der Waals surface area contributed by atoms with Crippen LogP contribution in [0.5, 0.6) is 5.88 Å². The van der Waals surface area contributed by atoms with Gasteiger partial charge in [0.15, 0.2) is 0 Å². The van der Waals surface area contributed by atoms with Crippen molar-refractivity contribution >= 4 is 15.9 Å². The Morgan fingerprint density at radius 2 is 1.93 bits per heavy atom. The zero-order valence-electron chi connectivity index (χ0n) is 6.98. The highest BCUT2D eigenvalue weighted by Crippen LogP contribution is 2.22. The van der Waals surface area contributed by atoms with Crippen molar-refractivity contribution in [2.75, 3.05) is 0 Å². The average molecular weight is 257 g/mol. The molecule has 0 aliphatic carbocycles. The first-order chi connectivity index (χ1) is 6.66. The second kappa shape index (κ2) is 3.42. The van der Waals surface area contributed by atoms with E-state index in [1.54, 1.807) is 18.3 Å². The van der Waals surface area contributed by atoms with E-state index in [9.17, 15) is 9.50 Å². The predicted octanol–water partition coefficient (Wildman–Crippen LogP) is 2.48. The maximum Gasteiger partial charge on any atom is 0.245 e. The molecule has 0 spiro atoms. The van der Waals surface area contributed by atoms with Crippen molar-refractivity contribution in [1.29, 1.82) is 0 Å². The molecular formula is C9H6BrFN2O. The fourth-order valence-electron chi connectivity index (χ4n) is 1.07. The molecule has 2 rings (SSSR count). The Morgan fingerprint density at radius 1 is 1.29 bits per heavy atom. The van der Waals surface area contributed by atoms with Crippen LogP contribution in [0.4, 0.5) is 4.39 Å². The number of halogens is 2. The topological polar surface area (TPSA) is 38.1 Å². The zero-order chi connectivity index (χ0) is 10.1. The van der Waals surface area contributed by atoms with Crippen molar-refractivity contribution in [2.45, 2.75) is 0 Å². The second-order valence-electron chi connectivity index (χ2n) is 2.72. The van der Waals surface area contributed by atoms with Gasteiger partial charge in [0.25, 0.3) is 0 Å². The summed E-state index contributed by atoms with van der Waals surface area (Å²) in [5.41, 5.74) is 0.687. The summed E-state index contributed by atoms with van der Waals surface area (Å²) in [6.07, 6.45) is 1.60. The number of benzene rings is 1. The number of aromatic hydroxyl groups is 1. The van der Waals surface area contributed by atoms with Gasteiger partial charge < -0.3 is 5.11 Å². The third-order valence-corrected chi connectivity index (χ3v) is 2.30. The van der Waals surface area contributed by atoms with Crippen LogP contribution in [0.2, 0.25) is 0 Å². The molecule has 72 valence electrons. The van der Waals surface area contributed by atoms with E-state index in [1.807, 2.05) is 0 Å². The molecule has 3 nitrogen and oxygen atoms in total. The van der Waals surface area contributed by atoms with Crippen LogP contribution in [-0.4, -0.2) is 14.9 Å². The molecule has 0 aliphatic heterocycles. The van der Waals surface area contributed by atoms with Crippen LogP contribution < -0.4 is 0 Å². The van der Waals surface area contributed by atoms with Crippen LogP contribution >= 0.6 is 15.9 Å². The largest absolute Gasteiger partial charge is 0.491 e. The van der Waals surface area contributed by atoms with Gasteiger partial charge in [0.2, 0.25) is 5.88 Å². The van der Waals surface area contributed by atoms with Gasteiger partial charge >= 0.3 is 0 Å². The van der Waals surface area contributed by atoms with Crippen molar-refractivity contribution < 1.29 is 9.50 Å². The maximum atomic E-state index is 12.6. The summed E-state index contributed by atoms with van der Waals surface area (Å²) in [6, 6.07) is 5.83. The van der Waals surface area contributed by atoms with Crippen LogP contribution in [0.25, 0.3) is 5.69 Å². The van der Waals surface area contributed by atoms with Gasteiger partial charge in [0.1, 0.15) is 5.82 Å². The summed E-state index contributed by atoms with van der Waals surface area (Å²) in [6.45, 7) is 0. The summed E-state index contributed by atoms with van der Waals surface area (Å²) in [5.74, 6) is -0.390. The van der Waals surface area contributed by atoms with Crippen molar-refractivity contribution in [3.63, 3.8) is 0 Å². The number of rotatable bonds is 1. The Morgan fingerprint density at radius 3 is 2.43 bits per heavy atom. The standard InChI is InChI=1S/C9H6BrFN2O/c10-8-5-13(12-9(8)14)7-3-1-6(11)2-4-7/h1-5H,(H,12,14). The molecule has 0 radical (unpaired) electrons. The van der Waals surface area contributed by atoms with Gasteiger partial charge in [-0.25, -0.2) is 9.07 Å². The first kappa shape index (κ1) is 9.21. The smallest absolute Gasteiger partial charge is 0.245 e. The molecule has 0 aliphatic rings. The van der Waals surface area contributed by atoms with E-state index in [0.29, 0.717) is 10.2 Å². The first-order valence-corrected chi connectivity index (χ1v) is 4.66. The third-order valence-electron chi connectivity index (χ3n) is 1.74. The quantitative estimate of drug-likeness (QED) is 0.852. The molecule has 14 heavy (non-hydrogen) atoms.